The van der Waals surface area contributed by atoms with Crippen LogP contribution in [-0.2, 0) is 25.7 Å². The maximum absolute atomic E-state index is 13.6. The topological polar surface area (TPSA) is 84.5 Å². The molecule has 11 heteroatoms. The van der Waals surface area contributed by atoms with Crippen molar-refractivity contribution in [2.75, 3.05) is 16.6 Å². The van der Waals surface area contributed by atoms with Crippen LogP contribution in [0.4, 0.5) is 28.9 Å². The third kappa shape index (κ3) is 4.90. The van der Waals surface area contributed by atoms with E-state index in [-0.39, 0.29) is 16.1 Å². The second-order valence-corrected chi connectivity index (χ2v) is 8.42. The molecule has 30 heavy (non-hydrogen) atoms. The van der Waals surface area contributed by atoms with Gasteiger partial charge in [-0.1, -0.05) is 0 Å². The van der Waals surface area contributed by atoms with Gasteiger partial charge in [-0.15, -0.1) is 0 Å². The molecule has 0 bridgehead atoms. The SMILES string of the molecule is Cc1cc(F)ccc1S(=O)(=O)Nc1ccc(NC(=O)[C@H]2CCCO2)cc1C(F)(F)F. The molecule has 1 heterocycles. The fourth-order valence-corrected chi connectivity index (χ4v) is 4.37. The highest BCUT2D eigenvalue weighted by Gasteiger charge is 2.35. The first-order valence-electron chi connectivity index (χ1n) is 8.90. The second-order valence-electron chi connectivity index (χ2n) is 6.76. The van der Waals surface area contributed by atoms with Gasteiger partial charge in [0.25, 0.3) is 15.9 Å². The zero-order valence-electron chi connectivity index (χ0n) is 15.7. The van der Waals surface area contributed by atoms with Crippen molar-refractivity contribution in [1.29, 1.82) is 0 Å². The fraction of sp³-hybridized carbons (Fsp3) is 0.316. The molecule has 1 atom stereocenters. The zero-order valence-corrected chi connectivity index (χ0v) is 16.5. The summed E-state index contributed by atoms with van der Waals surface area (Å²) in [4.78, 5) is 11.7. The van der Waals surface area contributed by atoms with Gasteiger partial charge in [0.2, 0.25) is 0 Å². The summed E-state index contributed by atoms with van der Waals surface area (Å²) >= 11 is 0. The molecular formula is C19H18F4N2O4S. The van der Waals surface area contributed by atoms with E-state index in [1.807, 2.05) is 4.72 Å². The first-order chi connectivity index (χ1) is 14.0. The smallest absolute Gasteiger partial charge is 0.368 e. The van der Waals surface area contributed by atoms with Crippen LogP contribution in [0.5, 0.6) is 0 Å². The van der Waals surface area contributed by atoms with Gasteiger partial charge in [0, 0.05) is 12.3 Å². The normalized spacial score (nSPS) is 17.0. The number of halogens is 4. The first kappa shape index (κ1) is 22.0. The lowest BCUT2D eigenvalue weighted by molar-refractivity contribution is -0.137. The summed E-state index contributed by atoms with van der Waals surface area (Å²) in [6, 6.07) is 5.53. The molecule has 1 aliphatic rings. The van der Waals surface area contributed by atoms with Gasteiger partial charge in [0.05, 0.1) is 16.1 Å². The average molecular weight is 446 g/mol. The van der Waals surface area contributed by atoms with Gasteiger partial charge < -0.3 is 10.1 Å². The van der Waals surface area contributed by atoms with E-state index in [0.717, 1.165) is 30.3 Å². The quantitative estimate of drug-likeness (QED) is 0.679. The Kier molecular flexibility index (Phi) is 6.04. The minimum atomic E-state index is -4.90. The highest BCUT2D eigenvalue weighted by atomic mass is 32.2. The minimum Gasteiger partial charge on any atom is -0.368 e. The maximum Gasteiger partial charge on any atom is 0.418 e. The highest BCUT2D eigenvalue weighted by molar-refractivity contribution is 7.92. The van der Waals surface area contributed by atoms with E-state index >= 15 is 0 Å². The van der Waals surface area contributed by atoms with Crippen molar-refractivity contribution in [3.8, 4) is 0 Å². The van der Waals surface area contributed by atoms with Crippen LogP contribution in [0.2, 0.25) is 0 Å². The van der Waals surface area contributed by atoms with Crippen LogP contribution in [0.25, 0.3) is 0 Å². The summed E-state index contributed by atoms with van der Waals surface area (Å²) in [5.74, 6) is -1.25. The molecule has 0 aromatic heterocycles. The molecule has 1 amide bonds. The molecule has 162 valence electrons. The van der Waals surface area contributed by atoms with Crippen LogP contribution in [0.1, 0.15) is 24.0 Å². The number of carbonyl (C=O) groups excluding carboxylic acids is 1. The monoisotopic (exact) mass is 446 g/mol. The Labute approximate surface area is 170 Å². The van der Waals surface area contributed by atoms with Gasteiger partial charge in [-0.2, -0.15) is 13.2 Å². The Hall–Kier alpha value is -2.66. The number of hydrogen-bond donors (Lipinski definition) is 2. The number of carbonyl (C=O) groups is 1. The number of hydrogen-bond acceptors (Lipinski definition) is 4. The van der Waals surface area contributed by atoms with Gasteiger partial charge in [-0.05, 0) is 61.7 Å². The number of amides is 1. The van der Waals surface area contributed by atoms with Crippen molar-refractivity contribution in [2.45, 2.75) is 36.9 Å². The van der Waals surface area contributed by atoms with Gasteiger partial charge in [0.1, 0.15) is 11.9 Å². The van der Waals surface area contributed by atoms with Crippen molar-refractivity contribution in [3.05, 3.63) is 53.3 Å². The zero-order chi connectivity index (χ0) is 22.1. The van der Waals surface area contributed by atoms with E-state index in [2.05, 4.69) is 5.32 Å². The van der Waals surface area contributed by atoms with E-state index in [4.69, 9.17) is 4.74 Å². The van der Waals surface area contributed by atoms with E-state index in [9.17, 15) is 30.8 Å². The van der Waals surface area contributed by atoms with Crippen LogP contribution < -0.4 is 10.0 Å². The number of anilines is 2. The molecule has 0 unspecified atom stereocenters. The Balaban J connectivity index is 1.91. The van der Waals surface area contributed by atoms with Crippen LogP contribution in [0, 0.1) is 12.7 Å². The average Bonchev–Trinajstić information content (AvgIpc) is 3.16. The van der Waals surface area contributed by atoms with E-state index in [0.29, 0.717) is 25.5 Å². The van der Waals surface area contributed by atoms with Crippen molar-refractivity contribution in [2.24, 2.45) is 0 Å². The molecule has 2 aromatic rings. The molecule has 6 nitrogen and oxygen atoms in total. The largest absolute Gasteiger partial charge is 0.418 e. The summed E-state index contributed by atoms with van der Waals surface area (Å²) in [5, 5.41) is 2.35. The number of nitrogens with one attached hydrogen (secondary N) is 2. The molecule has 2 N–H and O–H groups in total. The summed E-state index contributed by atoms with van der Waals surface area (Å²) in [6.07, 6.45) is -4.50. The van der Waals surface area contributed by atoms with Crippen molar-refractivity contribution in [1.82, 2.24) is 0 Å². The van der Waals surface area contributed by atoms with E-state index in [1.54, 1.807) is 0 Å². The first-order valence-corrected chi connectivity index (χ1v) is 10.4. The standard InChI is InChI=1S/C19H18F4N2O4S/c1-11-9-12(20)4-7-17(11)30(27,28)25-15-6-5-13(10-14(15)19(21,22)23)24-18(26)16-3-2-8-29-16/h4-7,9-10,16,25H,2-3,8H2,1H3,(H,24,26)/t16-/m1/s1. The Morgan fingerprint density at radius 1 is 1.17 bits per heavy atom. The van der Waals surface area contributed by atoms with Crippen molar-refractivity contribution >= 4 is 27.3 Å². The number of ether oxygens (including phenoxy) is 1. The maximum atomic E-state index is 13.6. The summed E-state index contributed by atoms with van der Waals surface area (Å²) in [7, 11) is -4.42. The highest BCUT2D eigenvalue weighted by Crippen LogP contribution is 2.37. The van der Waals surface area contributed by atoms with Crippen LogP contribution in [-0.4, -0.2) is 27.0 Å². The third-order valence-electron chi connectivity index (χ3n) is 4.49. The number of sulfonamides is 1. The lowest BCUT2D eigenvalue weighted by Gasteiger charge is -2.18. The summed E-state index contributed by atoms with van der Waals surface area (Å²) in [5.41, 5.74) is -2.11. The molecule has 1 fully saturated rings. The fourth-order valence-electron chi connectivity index (χ4n) is 3.07. The number of benzene rings is 2. The molecule has 3 rings (SSSR count). The molecule has 0 spiro atoms. The summed E-state index contributed by atoms with van der Waals surface area (Å²) < 4.78 is 86.1. The lowest BCUT2D eigenvalue weighted by atomic mass is 10.1. The Morgan fingerprint density at radius 3 is 2.50 bits per heavy atom. The summed E-state index contributed by atoms with van der Waals surface area (Å²) in [6.45, 7) is 1.72. The molecule has 0 radical (unpaired) electrons. The van der Waals surface area contributed by atoms with Gasteiger partial charge in [0.15, 0.2) is 0 Å². The predicted molar refractivity (Wildman–Crippen MR) is 101 cm³/mol. The molecular weight excluding hydrogens is 428 g/mol. The van der Waals surface area contributed by atoms with Crippen LogP contribution in [0.15, 0.2) is 41.3 Å². The van der Waals surface area contributed by atoms with Crippen LogP contribution >= 0.6 is 0 Å². The van der Waals surface area contributed by atoms with Gasteiger partial charge in [-0.3, -0.25) is 9.52 Å². The van der Waals surface area contributed by atoms with E-state index < -0.39 is 45.3 Å². The number of aryl methyl sites for hydroxylation is 1. The molecule has 2 aromatic carbocycles. The van der Waals surface area contributed by atoms with E-state index in [1.165, 1.54) is 6.92 Å². The molecule has 1 aliphatic heterocycles. The van der Waals surface area contributed by atoms with Crippen molar-refractivity contribution < 1.29 is 35.5 Å². The van der Waals surface area contributed by atoms with Crippen LogP contribution in [0.3, 0.4) is 0 Å². The third-order valence-corrected chi connectivity index (χ3v) is 6.01. The predicted octanol–water partition coefficient (Wildman–Crippen LogP) is 4.07. The molecule has 1 saturated heterocycles. The van der Waals surface area contributed by atoms with Gasteiger partial charge >= 0.3 is 6.18 Å². The number of alkyl halides is 3. The minimum absolute atomic E-state index is 0.0384. The van der Waals surface area contributed by atoms with Gasteiger partial charge in [-0.25, -0.2) is 12.8 Å². The Bertz CT molecular complexity index is 1060. The number of rotatable bonds is 5. The van der Waals surface area contributed by atoms with Crippen molar-refractivity contribution in [3.63, 3.8) is 0 Å². The molecule has 0 saturated carbocycles. The second kappa shape index (κ2) is 8.23. The molecule has 0 aliphatic carbocycles. The Morgan fingerprint density at radius 2 is 1.90 bits per heavy atom. The lowest BCUT2D eigenvalue weighted by Crippen LogP contribution is -2.27.